The molecular weight excluding hydrogens is 258 g/mol. The molecular formula is C19H25NO. The third-order valence-electron chi connectivity index (χ3n) is 4.25. The molecule has 0 aromatic heterocycles. The van der Waals surface area contributed by atoms with E-state index >= 15 is 0 Å². The van der Waals surface area contributed by atoms with Crippen molar-refractivity contribution in [2.75, 3.05) is 13.2 Å². The van der Waals surface area contributed by atoms with Crippen LogP contribution in [0.1, 0.15) is 56.1 Å². The summed E-state index contributed by atoms with van der Waals surface area (Å²) in [4.78, 5) is 0. The van der Waals surface area contributed by atoms with Gasteiger partial charge in [0.2, 0.25) is 0 Å². The maximum absolute atomic E-state index is 8.84. The number of rotatable bonds is 6. The van der Waals surface area contributed by atoms with Gasteiger partial charge in [0.05, 0.1) is 18.2 Å². The first-order valence-electron chi connectivity index (χ1n) is 8.08. The van der Waals surface area contributed by atoms with Crippen molar-refractivity contribution in [3.8, 4) is 6.07 Å². The van der Waals surface area contributed by atoms with Crippen molar-refractivity contribution < 1.29 is 4.74 Å². The Morgan fingerprint density at radius 2 is 1.90 bits per heavy atom. The molecule has 1 aromatic carbocycles. The fraction of sp³-hybridized carbons (Fsp3) is 0.526. The predicted octanol–water partition coefficient (Wildman–Crippen LogP) is 4.81. The number of nitrogens with zero attached hydrogens (tertiary/aromatic N) is 1. The third kappa shape index (κ3) is 5.02. The maximum atomic E-state index is 8.84. The lowest BCUT2D eigenvalue weighted by Crippen LogP contribution is -2.11. The molecule has 0 amide bonds. The Bertz CT molecular complexity index is 475. The molecule has 0 spiro atoms. The lowest BCUT2D eigenvalue weighted by molar-refractivity contribution is 0.162. The van der Waals surface area contributed by atoms with E-state index in [0.717, 1.165) is 25.2 Å². The van der Waals surface area contributed by atoms with Crippen molar-refractivity contribution >= 4 is 0 Å². The van der Waals surface area contributed by atoms with E-state index in [4.69, 9.17) is 10.00 Å². The quantitative estimate of drug-likeness (QED) is 0.554. The standard InChI is InChI=1S/C19H25NO/c1-2-13-21-14-3-4-16-5-9-18(10-6-16)19-11-7-17(15-20)8-12-19/h3-4,7-8,11-12,16,18H,2,5-6,9-10,13-14H2,1H3. The monoisotopic (exact) mass is 283 g/mol. The molecule has 21 heavy (non-hydrogen) atoms. The zero-order valence-electron chi connectivity index (χ0n) is 12.9. The van der Waals surface area contributed by atoms with Crippen LogP contribution in [0.5, 0.6) is 0 Å². The lowest BCUT2D eigenvalue weighted by atomic mass is 9.78. The Kier molecular flexibility index (Phi) is 6.50. The van der Waals surface area contributed by atoms with Crippen molar-refractivity contribution in [1.82, 2.24) is 0 Å². The van der Waals surface area contributed by atoms with Gasteiger partial charge >= 0.3 is 0 Å². The average molecular weight is 283 g/mol. The summed E-state index contributed by atoms with van der Waals surface area (Å²) in [5.41, 5.74) is 2.14. The van der Waals surface area contributed by atoms with Gasteiger partial charge in [0.1, 0.15) is 0 Å². The summed E-state index contributed by atoms with van der Waals surface area (Å²) in [6, 6.07) is 10.3. The molecule has 2 heteroatoms. The normalized spacial score (nSPS) is 22.3. The van der Waals surface area contributed by atoms with Crippen LogP contribution < -0.4 is 0 Å². The van der Waals surface area contributed by atoms with E-state index in [0.29, 0.717) is 11.8 Å². The number of allylic oxidation sites excluding steroid dienone is 1. The second-order valence-electron chi connectivity index (χ2n) is 5.85. The molecule has 1 aliphatic carbocycles. The summed E-state index contributed by atoms with van der Waals surface area (Å²) in [5, 5.41) is 8.84. The highest BCUT2D eigenvalue weighted by Gasteiger charge is 2.20. The summed E-state index contributed by atoms with van der Waals surface area (Å²) in [6.07, 6.45) is 10.6. The molecule has 0 atom stereocenters. The van der Waals surface area contributed by atoms with Gasteiger partial charge in [-0.1, -0.05) is 31.2 Å². The number of nitriles is 1. The zero-order valence-corrected chi connectivity index (χ0v) is 12.9. The number of benzene rings is 1. The average Bonchev–Trinajstić information content (AvgIpc) is 2.55. The van der Waals surface area contributed by atoms with Gasteiger partial charge in [-0.15, -0.1) is 0 Å². The van der Waals surface area contributed by atoms with Crippen LogP contribution in [0.25, 0.3) is 0 Å². The number of hydrogen-bond acceptors (Lipinski definition) is 2. The summed E-state index contributed by atoms with van der Waals surface area (Å²) in [6.45, 7) is 3.74. The van der Waals surface area contributed by atoms with Gasteiger partial charge in [0.25, 0.3) is 0 Å². The van der Waals surface area contributed by atoms with Crippen molar-refractivity contribution in [2.45, 2.75) is 44.9 Å². The Hall–Kier alpha value is -1.59. The highest BCUT2D eigenvalue weighted by Crippen LogP contribution is 2.36. The molecule has 0 aliphatic heterocycles. The highest BCUT2D eigenvalue weighted by atomic mass is 16.5. The van der Waals surface area contributed by atoms with Crippen LogP contribution in [0.15, 0.2) is 36.4 Å². The van der Waals surface area contributed by atoms with Gasteiger partial charge in [-0.05, 0) is 61.6 Å². The third-order valence-corrected chi connectivity index (χ3v) is 4.25. The van der Waals surface area contributed by atoms with E-state index < -0.39 is 0 Å². The largest absolute Gasteiger partial charge is 0.377 e. The molecule has 112 valence electrons. The molecule has 0 bridgehead atoms. The van der Waals surface area contributed by atoms with Crippen molar-refractivity contribution in [3.05, 3.63) is 47.5 Å². The van der Waals surface area contributed by atoms with Gasteiger partial charge < -0.3 is 4.74 Å². The van der Waals surface area contributed by atoms with Gasteiger partial charge in [-0.2, -0.15) is 5.26 Å². The molecule has 2 nitrogen and oxygen atoms in total. The van der Waals surface area contributed by atoms with Crippen LogP contribution in [0, 0.1) is 17.2 Å². The molecule has 1 saturated carbocycles. The van der Waals surface area contributed by atoms with Crippen LogP contribution in [0.4, 0.5) is 0 Å². The van der Waals surface area contributed by atoms with Crippen LogP contribution in [0.3, 0.4) is 0 Å². The molecule has 0 unspecified atom stereocenters. The van der Waals surface area contributed by atoms with E-state index in [-0.39, 0.29) is 0 Å². The summed E-state index contributed by atoms with van der Waals surface area (Å²) in [5.74, 6) is 1.38. The second kappa shape index (κ2) is 8.64. The molecule has 0 heterocycles. The molecule has 1 aliphatic rings. The zero-order chi connectivity index (χ0) is 14.9. The van der Waals surface area contributed by atoms with Crippen molar-refractivity contribution in [3.63, 3.8) is 0 Å². The molecule has 1 aromatic rings. The fourth-order valence-corrected chi connectivity index (χ4v) is 3.02. The summed E-state index contributed by atoms with van der Waals surface area (Å²) >= 11 is 0. The van der Waals surface area contributed by atoms with E-state index in [1.807, 2.05) is 12.1 Å². The van der Waals surface area contributed by atoms with Crippen LogP contribution in [-0.4, -0.2) is 13.2 Å². The van der Waals surface area contributed by atoms with Crippen molar-refractivity contribution in [2.24, 2.45) is 5.92 Å². The smallest absolute Gasteiger partial charge is 0.0991 e. The Morgan fingerprint density at radius 3 is 2.52 bits per heavy atom. The van der Waals surface area contributed by atoms with Gasteiger partial charge in [-0.25, -0.2) is 0 Å². The minimum Gasteiger partial charge on any atom is -0.377 e. The molecule has 1 fully saturated rings. The van der Waals surface area contributed by atoms with Gasteiger partial charge in [-0.3, -0.25) is 0 Å². The van der Waals surface area contributed by atoms with Crippen molar-refractivity contribution in [1.29, 1.82) is 5.26 Å². The first-order valence-corrected chi connectivity index (χ1v) is 8.08. The lowest BCUT2D eigenvalue weighted by Gasteiger charge is -2.27. The topological polar surface area (TPSA) is 33.0 Å². The van der Waals surface area contributed by atoms with E-state index in [1.54, 1.807) is 0 Å². The van der Waals surface area contributed by atoms with E-state index in [1.165, 1.54) is 31.2 Å². The van der Waals surface area contributed by atoms with Crippen LogP contribution in [-0.2, 0) is 4.74 Å². The Morgan fingerprint density at radius 1 is 1.19 bits per heavy atom. The van der Waals surface area contributed by atoms with Gasteiger partial charge in [0.15, 0.2) is 0 Å². The first-order chi connectivity index (χ1) is 10.3. The Labute approximate surface area is 128 Å². The Balaban J connectivity index is 1.76. The predicted molar refractivity (Wildman–Crippen MR) is 86.1 cm³/mol. The van der Waals surface area contributed by atoms with Crippen LogP contribution >= 0.6 is 0 Å². The number of hydrogen-bond donors (Lipinski definition) is 0. The molecule has 0 radical (unpaired) electrons. The molecule has 2 rings (SSSR count). The molecule has 0 saturated heterocycles. The van der Waals surface area contributed by atoms with E-state index in [9.17, 15) is 0 Å². The second-order valence-corrected chi connectivity index (χ2v) is 5.85. The minimum atomic E-state index is 0.665. The van der Waals surface area contributed by atoms with Gasteiger partial charge in [0, 0.05) is 6.61 Å². The fourth-order valence-electron chi connectivity index (χ4n) is 3.02. The molecule has 0 N–H and O–H groups in total. The minimum absolute atomic E-state index is 0.665. The SMILES string of the molecule is CCCOCC=CC1CCC(c2ccc(C#N)cc2)CC1. The summed E-state index contributed by atoms with van der Waals surface area (Å²) < 4.78 is 5.47. The number of ether oxygens (including phenoxy) is 1. The van der Waals surface area contributed by atoms with Crippen LogP contribution in [0.2, 0.25) is 0 Å². The van der Waals surface area contributed by atoms with E-state index in [2.05, 4.69) is 37.3 Å². The highest BCUT2D eigenvalue weighted by molar-refractivity contribution is 5.33. The first kappa shape index (κ1) is 15.8. The summed E-state index contributed by atoms with van der Waals surface area (Å²) in [7, 11) is 0. The maximum Gasteiger partial charge on any atom is 0.0991 e.